The monoisotopic (exact) mass is 317 g/mol. The molecule has 0 saturated heterocycles. The van der Waals surface area contributed by atoms with Gasteiger partial charge in [0.1, 0.15) is 6.33 Å². The fourth-order valence-corrected chi connectivity index (χ4v) is 2.72. The SMILES string of the molecule is CCc1cccc(C)c1NC(=O)C(C)Sc1ncnc(N)n1. The molecular weight excluding hydrogens is 298 g/mol. The van der Waals surface area contributed by atoms with E-state index in [1.165, 1.54) is 18.1 Å². The Morgan fingerprint density at radius 2 is 2.18 bits per heavy atom. The van der Waals surface area contributed by atoms with Crippen LogP contribution in [0.1, 0.15) is 25.0 Å². The van der Waals surface area contributed by atoms with Crippen LogP contribution >= 0.6 is 11.8 Å². The van der Waals surface area contributed by atoms with Gasteiger partial charge in [0, 0.05) is 5.69 Å². The molecule has 116 valence electrons. The molecule has 2 rings (SSSR count). The minimum absolute atomic E-state index is 0.0898. The zero-order chi connectivity index (χ0) is 16.1. The van der Waals surface area contributed by atoms with Crippen LogP contribution in [0.25, 0.3) is 0 Å². The van der Waals surface area contributed by atoms with E-state index in [9.17, 15) is 4.79 Å². The zero-order valence-electron chi connectivity index (χ0n) is 12.8. The van der Waals surface area contributed by atoms with Crippen LogP contribution in [0, 0.1) is 6.92 Å². The Hall–Kier alpha value is -2.15. The minimum atomic E-state index is -0.342. The summed E-state index contributed by atoms with van der Waals surface area (Å²) in [6.45, 7) is 5.86. The molecule has 0 aliphatic heterocycles. The Morgan fingerprint density at radius 3 is 2.86 bits per heavy atom. The highest BCUT2D eigenvalue weighted by atomic mass is 32.2. The maximum absolute atomic E-state index is 12.4. The van der Waals surface area contributed by atoms with Crippen LogP contribution < -0.4 is 11.1 Å². The van der Waals surface area contributed by atoms with E-state index in [1.54, 1.807) is 0 Å². The summed E-state index contributed by atoms with van der Waals surface area (Å²) in [4.78, 5) is 24.1. The Labute approximate surface area is 134 Å². The summed E-state index contributed by atoms with van der Waals surface area (Å²) in [7, 11) is 0. The first kappa shape index (κ1) is 16.2. The van der Waals surface area contributed by atoms with Gasteiger partial charge in [0.15, 0.2) is 5.16 Å². The molecular formula is C15H19N5OS. The van der Waals surface area contributed by atoms with Crippen molar-refractivity contribution in [3.05, 3.63) is 35.7 Å². The second kappa shape index (κ2) is 7.22. The first-order valence-electron chi connectivity index (χ1n) is 7.01. The van der Waals surface area contributed by atoms with Gasteiger partial charge >= 0.3 is 0 Å². The van der Waals surface area contributed by atoms with Crippen LogP contribution in [0.4, 0.5) is 11.6 Å². The molecule has 0 fully saturated rings. The third-order valence-corrected chi connectivity index (χ3v) is 4.18. The van der Waals surface area contributed by atoms with Crippen molar-refractivity contribution in [2.75, 3.05) is 11.1 Å². The van der Waals surface area contributed by atoms with E-state index in [1.807, 2.05) is 32.0 Å². The van der Waals surface area contributed by atoms with Crippen LogP contribution in [0.15, 0.2) is 29.7 Å². The van der Waals surface area contributed by atoms with Gasteiger partial charge in [-0.15, -0.1) is 0 Å². The molecule has 6 nitrogen and oxygen atoms in total. The van der Waals surface area contributed by atoms with Crippen molar-refractivity contribution < 1.29 is 4.79 Å². The molecule has 1 atom stereocenters. The summed E-state index contributed by atoms with van der Waals surface area (Å²) in [6.07, 6.45) is 2.20. The molecule has 1 heterocycles. The molecule has 0 bridgehead atoms. The Balaban J connectivity index is 2.09. The van der Waals surface area contributed by atoms with Crippen molar-refractivity contribution in [1.82, 2.24) is 15.0 Å². The van der Waals surface area contributed by atoms with Crippen LogP contribution in [-0.4, -0.2) is 26.1 Å². The largest absolute Gasteiger partial charge is 0.368 e. The van der Waals surface area contributed by atoms with Gasteiger partial charge in [-0.3, -0.25) is 4.79 Å². The van der Waals surface area contributed by atoms with Crippen LogP contribution in [0.5, 0.6) is 0 Å². The maximum atomic E-state index is 12.4. The Morgan fingerprint density at radius 1 is 1.41 bits per heavy atom. The molecule has 22 heavy (non-hydrogen) atoms. The highest BCUT2D eigenvalue weighted by Crippen LogP contribution is 2.24. The Bertz CT molecular complexity index is 677. The maximum Gasteiger partial charge on any atom is 0.237 e. The van der Waals surface area contributed by atoms with E-state index in [-0.39, 0.29) is 17.1 Å². The smallest absolute Gasteiger partial charge is 0.237 e. The average Bonchev–Trinajstić information content (AvgIpc) is 2.49. The molecule has 1 aromatic heterocycles. The standard InChI is InChI=1S/C15H19N5OS/c1-4-11-7-5-6-9(2)12(11)19-13(21)10(3)22-15-18-8-17-14(16)20-15/h5-8,10H,4H2,1-3H3,(H,19,21)(H2,16,17,18,20). The fraction of sp³-hybridized carbons (Fsp3) is 0.333. The van der Waals surface area contributed by atoms with E-state index in [4.69, 9.17) is 5.73 Å². The molecule has 0 spiro atoms. The van der Waals surface area contributed by atoms with Crippen molar-refractivity contribution in [3.63, 3.8) is 0 Å². The number of aryl methyl sites for hydroxylation is 2. The molecule has 1 amide bonds. The second-order valence-electron chi connectivity index (χ2n) is 4.84. The topological polar surface area (TPSA) is 93.8 Å². The normalized spacial score (nSPS) is 12.0. The number of benzene rings is 1. The molecule has 0 aliphatic carbocycles. The van der Waals surface area contributed by atoms with Crippen molar-refractivity contribution in [3.8, 4) is 0 Å². The highest BCUT2D eigenvalue weighted by Gasteiger charge is 2.18. The number of nitrogen functional groups attached to an aromatic ring is 1. The zero-order valence-corrected chi connectivity index (χ0v) is 13.6. The lowest BCUT2D eigenvalue weighted by molar-refractivity contribution is -0.115. The molecule has 1 aromatic carbocycles. The van der Waals surface area contributed by atoms with E-state index in [0.717, 1.165) is 23.2 Å². The number of aromatic nitrogens is 3. The predicted molar refractivity (Wildman–Crippen MR) is 88.7 cm³/mol. The predicted octanol–water partition coefficient (Wildman–Crippen LogP) is 2.44. The van der Waals surface area contributed by atoms with E-state index in [2.05, 4.69) is 27.2 Å². The minimum Gasteiger partial charge on any atom is -0.368 e. The number of rotatable bonds is 5. The summed E-state index contributed by atoms with van der Waals surface area (Å²) >= 11 is 1.25. The van der Waals surface area contributed by atoms with Crippen LogP contribution in [0.3, 0.4) is 0 Å². The van der Waals surface area contributed by atoms with Gasteiger partial charge in [0.2, 0.25) is 11.9 Å². The molecule has 1 unspecified atom stereocenters. The summed E-state index contributed by atoms with van der Waals surface area (Å²) in [5.41, 5.74) is 8.57. The number of amides is 1. The lowest BCUT2D eigenvalue weighted by atomic mass is 10.1. The molecule has 0 radical (unpaired) electrons. The van der Waals surface area contributed by atoms with Gasteiger partial charge in [-0.2, -0.15) is 4.98 Å². The number of nitrogens with two attached hydrogens (primary N) is 1. The third-order valence-electron chi connectivity index (χ3n) is 3.21. The van der Waals surface area contributed by atoms with Gasteiger partial charge < -0.3 is 11.1 Å². The van der Waals surface area contributed by atoms with Crippen molar-refractivity contribution >= 4 is 29.3 Å². The number of carbonyl (C=O) groups is 1. The van der Waals surface area contributed by atoms with Gasteiger partial charge in [0.05, 0.1) is 5.25 Å². The number of carbonyl (C=O) groups excluding carboxylic acids is 1. The third kappa shape index (κ3) is 3.94. The molecule has 0 saturated carbocycles. The summed E-state index contributed by atoms with van der Waals surface area (Å²) < 4.78 is 0. The fourth-order valence-electron chi connectivity index (χ4n) is 1.99. The van der Waals surface area contributed by atoms with E-state index >= 15 is 0 Å². The van der Waals surface area contributed by atoms with Gasteiger partial charge in [-0.25, -0.2) is 9.97 Å². The highest BCUT2D eigenvalue weighted by molar-refractivity contribution is 8.00. The lowest BCUT2D eigenvalue weighted by Gasteiger charge is -2.15. The van der Waals surface area contributed by atoms with Gasteiger partial charge in [-0.05, 0) is 31.4 Å². The first-order chi connectivity index (χ1) is 10.5. The second-order valence-corrected chi connectivity index (χ2v) is 6.15. The number of hydrogen-bond acceptors (Lipinski definition) is 6. The van der Waals surface area contributed by atoms with Crippen LogP contribution in [0.2, 0.25) is 0 Å². The number of para-hydroxylation sites is 1. The summed E-state index contributed by atoms with van der Waals surface area (Å²) in [5.74, 6) is 0.0604. The van der Waals surface area contributed by atoms with Gasteiger partial charge in [0.25, 0.3) is 0 Å². The molecule has 7 heteroatoms. The molecule has 2 aromatic rings. The van der Waals surface area contributed by atoms with Crippen LogP contribution in [-0.2, 0) is 11.2 Å². The van der Waals surface area contributed by atoms with E-state index < -0.39 is 0 Å². The van der Waals surface area contributed by atoms with Crippen molar-refractivity contribution in [1.29, 1.82) is 0 Å². The number of thioether (sulfide) groups is 1. The first-order valence-corrected chi connectivity index (χ1v) is 7.89. The molecule has 3 N–H and O–H groups in total. The van der Waals surface area contributed by atoms with Crippen molar-refractivity contribution in [2.45, 2.75) is 37.6 Å². The van der Waals surface area contributed by atoms with E-state index in [0.29, 0.717) is 5.16 Å². The Kier molecular flexibility index (Phi) is 5.32. The van der Waals surface area contributed by atoms with Crippen molar-refractivity contribution in [2.24, 2.45) is 0 Å². The average molecular weight is 317 g/mol. The molecule has 0 aliphatic rings. The number of anilines is 2. The quantitative estimate of drug-likeness (QED) is 0.823. The number of hydrogen-bond donors (Lipinski definition) is 2. The number of nitrogens with one attached hydrogen (secondary N) is 1. The summed E-state index contributed by atoms with van der Waals surface area (Å²) in [5, 5.41) is 3.10. The lowest BCUT2D eigenvalue weighted by Crippen LogP contribution is -2.24. The summed E-state index contributed by atoms with van der Waals surface area (Å²) in [6, 6.07) is 6.00. The van der Waals surface area contributed by atoms with Gasteiger partial charge in [-0.1, -0.05) is 36.9 Å². The number of nitrogens with zero attached hydrogens (tertiary/aromatic N) is 3.